The lowest BCUT2D eigenvalue weighted by Crippen LogP contribution is -2.32. The first-order valence-corrected chi connectivity index (χ1v) is 5.18. The van der Waals surface area contributed by atoms with E-state index in [0.717, 1.165) is 5.69 Å². The van der Waals surface area contributed by atoms with Crippen LogP contribution in [0.25, 0.3) is 0 Å². The van der Waals surface area contributed by atoms with E-state index in [-0.39, 0.29) is 11.2 Å². The Bertz CT molecular complexity index is 352. The summed E-state index contributed by atoms with van der Waals surface area (Å²) in [6, 6.07) is 7.39. The van der Waals surface area contributed by atoms with Gasteiger partial charge in [-0.3, -0.25) is 4.79 Å². The Balaban J connectivity index is 3.00. The first kappa shape index (κ1) is 11.9. The van der Waals surface area contributed by atoms with Crippen molar-refractivity contribution in [1.29, 1.82) is 0 Å². The second-order valence-corrected chi connectivity index (χ2v) is 4.02. The Hall–Kier alpha value is -1.16. The summed E-state index contributed by atoms with van der Waals surface area (Å²) in [4.78, 5) is 13.3. The molecular weight excluding hydrogens is 210 g/mol. The van der Waals surface area contributed by atoms with Crippen molar-refractivity contribution >= 4 is 24.2 Å². The summed E-state index contributed by atoms with van der Waals surface area (Å²) in [7, 11) is 3.30. The maximum atomic E-state index is 11.7. The van der Waals surface area contributed by atoms with E-state index in [0.29, 0.717) is 5.75 Å². The van der Waals surface area contributed by atoms with Gasteiger partial charge in [-0.15, -0.1) is 0 Å². The smallest absolute Gasteiger partial charge is 0.239 e. The number of nitrogens with zero attached hydrogens (tertiary/aromatic N) is 1. The van der Waals surface area contributed by atoms with Crippen molar-refractivity contribution in [2.75, 3.05) is 19.1 Å². The maximum absolute atomic E-state index is 11.7. The monoisotopic (exact) mass is 225 g/mol. The lowest BCUT2D eigenvalue weighted by molar-refractivity contribution is -0.117. The molecule has 1 rings (SSSR count). The number of ether oxygens (including phenoxy) is 1. The number of carbonyl (C=O) groups excluding carboxylic acids is 1. The van der Waals surface area contributed by atoms with Crippen LogP contribution in [0.3, 0.4) is 0 Å². The van der Waals surface area contributed by atoms with Crippen LogP contribution in [-0.2, 0) is 4.79 Å². The first-order valence-electron chi connectivity index (χ1n) is 4.66. The number of carbonyl (C=O) groups is 1. The molecule has 0 aliphatic heterocycles. The van der Waals surface area contributed by atoms with Gasteiger partial charge in [-0.25, -0.2) is 0 Å². The van der Waals surface area contributed by atoms with Crippen LogP contribution in [0.5, 0.6) is 5.75 Å². The molecule has 82 valence electrons. The normalized spacial score (nSPS) is 12.0. The van der Waals surface area contributed by atoms with Crippen molar-refractivity contribution in [3.05, 3.63) is 24.3 Å². The molecule has 0 heterocycles. The summed E-state index contributed by atoms with van der Waals surface area (Å²) in [5.41, 5.74) is 0.755. The fraction of sp³-hybridized carbons (Fsp3) is 0.364. The number of rotatable bonds is 3. The molecule has 0 saturated carbocycles. The Morgan fingerprint density at radius 3 is 2.60 bits per heavy atom. The van der Waals surface area contributed by atoms with Gasteiger partial charge in [0, 0.05) is 7.05 Å². The van der Waals surface area contributed by atoms with Gasteiger partial charge in [-0.05, 0) is 19.1 Å². The highest BCUT2D eigenvalue weighted by atomic mass is 32.1. The van der Waals surface area contributed by atoms with Crippen molar-refractivity contribution in [2.24, 2.45) is 0 Å². The van der Waals surface area contributed by atoms with Crippen molar-refractivity contribution < 1.29 is 9.53 Å². The van der Waals surface area contributed by atoms with Crippen LogP contribution in [0.15, 0.2) is 24.3 Å². The van der Waals surface area contributed by atoms with Crippen LogP contribution < -0.4 is 9.64 Å². The molecule has 0 N–H and O–H groups in total. The zero-order valence-electron chi connectivity index (χ0n) is 9.10. The van der Waals surface area contributed by atoms with Gasteiger partial charge in [0.05, 0.1) is 18.0 Å². The van der Waals surface area contributed by atoms with Crippen LogP contribution in [-0.4, -0.2) is 25.3 Å². The van der Waals surface area contributed by atoms with Gasteiger partial charge >= 0.3 is 0 Å². The topological polar surface area (TPSA) is 29.5 Å². The Labute approximate surface area is 95.4 Å². The number of para-hydroxylation sites is 2. The molecule has 0 aliphatic rings. The van der Waals surface area contributed by atoms with Crippen LogP contribution >= 0.6 is 12.6 Å². The lowest BCUT2D eigenvalue weighted by atomic mass is 10.2. The zero-order valence-corrected chi connectivity index (χ0v) is 9.99. The third-order valence-electron chi connectivity index (χ3n) is 2.13. The van der Waals surface area contributed by atoms with E-state index in [1.54, 1.807) is 26.0 Å². The van der Waals surface area contributed by atoms with E-state index in [4.69, 9.17) is 4.74 Å². The average molecular weight is 225 g/mol. The second kappa shape index (κ2) is 5.07. The minimum absolute atomic E-state index is 0.0529. The number of hydrogen-bond donors (Lipinski definition) is 1. The molecule has 3 nitrogen and oxygen atoms in total. The van der Waals surface area contributed by atoms with Crippen LogP contribution in [0.4, 0.5) is 5.69 Å². The van der Waals surface area contributed by atoms with Gasteiger partial charge in [-0.2, -0.15) is 12.6 Å². The van der Waals surface area contributed by atoms with Crippen LogP contribution in [0.1, 0.15) is 6.92 Å². The molecule has 1 atom stereocenters. The van der Waals surface area contributed by atoms with E-state index in [1.807, 2.05) is 24.3 Å². The van der Waals surface area contributed by atoms with E-state index in [2.05, 4.69) is 12.6 Å². The Morgan fingerprint density at radius 1 is 1.47 bits per heavy atom. The van der Waals surface area contributed by atoms with Crippen molar-refractivity contribution in [2.45, 2.75) is 12.2 Å². The molecule has 0 spiro atoms. The second-order valence-electron chi connectivity index (χ2n) is 3.25. The summed E-state index contributed by atoms with van der Waals surface area (Å²) < 4.78 is 5.18. The third-order valence-corrected chi connectivity index (χ3v) is 2.36. The number of thiol groups is 1. The molecule has 0 bridgehead atoms. The van der Waals surface area contributed by atoms with E-state index >= 15 is 0 Å². The number of amides is 1. The van der Waals surface area contributed by atoms with Gasteiger partial charge in [0.25, 0.3) is 0 Å². The fourth-order valence-corrected chi connectivity index (χ4v) is 1.48. The predicted molar refractivity (Wildman–Crippen MR) is 64.9 cm³/mol. The molecule has 0 fully saturated rings. The Morgan fingerprint density at radius 2 is 2.07 bits per heavy atom. The summed E-state index contributed by atoms with van der Waals surface area (Å²) >= 11 is 4.11. The van der Waals surface area contributed by atoms with Gasteiger partial charge in [0.2, 0.25) is 5.91 Å². The molecule has 0 radical (unpaired) electrons. The summed E-state index contributed by atoms with van der Waals surface area (Å²) in [5, 5.41) is -0.320. The highest BCUT2D eigenvalue weighted by Gasteiger charge is 2.17. The van der Waals surface area contributed by atoms with Crippen LogP contribution in [0, 0.1) is 0 Å². The molecule has 1 unspecified atom stereocenters. The zero-order chi connectivity index (χ0) is 11.4. The third kappa shape index (κ3) is 2.65. The summed E-state index contributed by atoms with van der Waals surface area (Å²) in [6.07, 6.45) is 0. The number of anilines is 1. The minimum Gasteiger partial charge on any atom is -0.495 e. The molecule has 0 saturated heterocycles. The number of methoxy groups -OCH3 is 1. The quantitative estimate of drug-likeness (QED) is 0.797. The predicted octanol–water partition coefficient (Wildman–Crippen LogP) is 1.98. The standard InChI is InChI=1S/C11H15NO2S/c1-8(15)11(13)12(2)9-6-4-5-7-10(9)14-3/h4-8,15H,1-3H3. The van der Waals surface area contributed by atoms with Crippen molar-refractivity contribution in [1.82, 2.24) is 0 Å². The highest BCUT2D eigenvalue weighted by Crippen LogP contribution is 2.27. The van der Waals surface area contributed by atoms with E-state index in [1.165, 1.54) is 0 Å². The fourth-order valence-electron chi connectivity index (χ4n) is 1.31. The van der Waals surface area contributed by atoms with Gasteiger partial charge < -0.3 is 9.64 Å². The highest BCUT2D eigenvalue weighted by molar-refractivity contribution is 7.81. The molecule has 1 aromatic carbocycles. The molecular formula is C11H15NO2S. The summed E-state index contributed by atoms with van der Waals surface area (Å²) in [5.74, 6) is 0.630. The molecule has 0 aliphatic carbocycles. The largest absolute Gasteiger partial charge is 0.495 e. The van der Waals surface area contributed by atoms with Crippen molar-refractivity contribution in [3.8, 4) is 5.75 Å². The van der Waals surface area contributed by atoms with E-state index in [9.17, 15) is 4.79 Å². The van der Waals surface area contributed by atoms with Gasteiger partial charge in [0.1, 0.15) is 5.75 Å². The van der Waals surface area contributed by atoms with Crippen LogP contribution in [0.2, 0.25) is 0 Å². The molecule has 1 aromatic rings. The maximum Gasteiger partial charge on any atom is 0.239 e. The molecule has 15 heavy (non-hydrogen) atoms. The van der Waals surface area contributed by atoms with Crippen molar-refractivity contribution in [3.63, 3.8) is 0 Å². The molecule has 1 amide bonds. The Kier molecular flexibility index (Phi) is 4.03. The SMILES string of the molecule is COc1ccccc1N(C)C(=O)C(C)S. The first-order chi connectivity index (χ1) is 7.07. The molecule has 0 aromatic heterocycles. The molecule has 4 heteroatoms. The average Bonchev–Trinajstić information content (AvgIpc) is 2.26. The van der Waals surface area contributed by atoms with Gasteiger partial charge in [0.15, 0.2) is 0 Å². The van der Waals surface area contributed by atoms with Gasteiger partial charge in [-0.1, -0.05) is 12.1 Å². The lowest BCUT2D eigenvalue weighted by Gasteiger charge is -2.21. The summed E-state index contributed by atoms with van der Waals surface area (Å²) in [6.45, 7) is 1.75. The number of benzene rings is 1. The van der Waals surface area contributed by atoms with E-state index < -0.39 is 0 Å². The minimum atomic E-state index is -0.320. The number of hydrogen-bond acceptors (Lipinski definition) is 3.